The second-order valence-corrected chi connectivity index (χ2v) is 7.33. The Hall–Kier alpha value is -2.67. The molecule has 1 fully saturated rings. The van der Waals surface area contributed by atoms with Crippen LogP contribution in [0, 0.1) is 0 Å². The number of aryl methyl sites for hydroxylation is 1. The van der Waals surface area contributed by atoms with Crippen LogP contribution in [0.25, 0.3) is 11.3 Å². The first-order valence-electron chi connectivity index (χ1n) is 8.78. The molecule has 7 heteroatoms. The fraction of sp³-hybridized carbons (Fsp3) is 0.250. The van der Waals surface area contributed by atoms with Crippen molar-refractivity contribution >= 4 is 21.8 Å². The van der Waals surface area contributed by atoms with E-state index < -0.39 is 0 Å². The smallest absolute Gasteiger partial charge is 0.272 e. The van der Waals surface area contributed by atoms with E-state index in [0.717, 1.165) is 22.2 Å². The Morgan fingerprint density at radius 1 is 1.22 bits per heavy atom. The maximum atomic E-state index is 13.0. The van der Waals surface area contributed by atoms with Crippen molar-refractivity contribution in [1.29, 1.82) is 0 Å². The minimum atomic E-state index is -0.0676. The maximum absolute atomic E-state index is 13.0. The summed E-state index contributed by atoms with van der Waals surface area (Å²) in [5.74, 6) is 0.530. The molecule has 1 amide bonds. The summed E-state index contributed by atoms with van der Waals surface area (Å²) in [5.41, 5.74) is 2.37. The van der Waals surface area contributed by atoms with Gasteiger partial charge in [0.25, 0.3) is 5.91 Å². The Bertz CT molecular complexity index is 958. The lowest BCUT2D eigenvalue weighted by Crippen LogP contribution is -2.32. The van der Waals surface area contributed by atoms with Gasteiger partial charge in [0.2, 0.25) is 5.88 Å². The van der Waals surface area contributed by atoms with Gasteiger partial charge in [-0.2, -0.15) is 5.10 Å². The Kier molecular flexibility index (Phi) is 4.94. The summed E-state index contributed by atoms with van der Waals surface area (Å²) >= 11 is 3.44. The molecule has 1 aromatic carbocycles. The van der Waals surface area contributed by atoms with Crippen LogP contribution < -0.4 is 4.74 Å². The lowest BCUT2D eigenvalue weighted by atomic mass is 10.1. The van der Waals surface area contributed by atoms with E-state index in [1.54, 1.807) is 17.9 Å². The molecule has 3 heterocycles. The first-order chi connectivity index (χ1) is 13.1. The van der Waals surface area contributed by atoms with Crippen LogP contribution in [0.4, 0.5) is 0 Å². The van der Waals surface area contributed by atoms with Crippen molar-refractivity contribution in [3.05, 3.63) is 64.9 Å². The van der Waals surface area contributed by atoms with Crippen molar-refractivity contribution in [1.82, 2.24) is 19.7 Å². The molecule has 27 heavy (non-hydrogen) atoms. The number of nitrogens with zero attached hydrogens (tertiary/aromatic N) is 4. The lowest BCUT2D eigenvalue weighted by molar-refractivity contribution is 0.0760. The van der Waals surface area contributed by atoms with Gasteiger partial charge in [-0.15, -0.1) is 0 Å². The van der Waals surface area contributed by atoms with Gasteiger partial charge < -0.3 is 9.64 Å². The molecule has 0 bridgehead atoms. The van der Waals surface area contributed by atoms with Crippen LogP contribution in [0.1, 0.15) is 16.9 Å². The van der Waals surface area contributed by atoms with Crippen LogP contribution in [0.15, 0.2) is 59.2 Å². The molecule has 3 aromatic rings. The average Bonchev–Trinajstić information content (AvgIpc) is 3.31. The van der Waals surface area contributed by atoms with Crippen molar-refractivity contribution < 1.29 is 9.53 Å². The number of pyridine rings is 1. The predicted molar refractivity (Wildman–Crippen MR) is 106 cm³/mol. The first kappa shape index (κ1) is 17.7. The lowest BCUT2D eigenvalue weighted by Gasteiger charge is -2.17. The van der Waals surface area contributed by atoms with Gasteiger partial charge in [-0.3, -0.25) is 9.48 Å². The van der Waals surface area contributed by atoms with Gasteiger partial charge in [0.1, 0.15) is 11.8 Å². The zero-order valence-electron chi connectivity index (χ0n) is 14.9. The molecular weight excluding hydrogens is 408 g/mol. The van der Waals surface area contributed by atoms with Gasteiger partial charge in [0, 0.05) is 31.8 Å². The number of amides is 1. The number of halogens is 1. The highest BCUT2D eigenvalue weighted by atomic mass is 79.9. The second-order valence-electron chi connectivity index (χ2n) is 6.47. The molecule has 0 saturated carbocycles. The van der Waals surface area contributed by atoms with Crippen molar-refractivity contribution in [2.75, 3.05) is 13.1 Å². The van der Waals surface area contributed by atoms with Gasteiger partial charge in [-0.05, 0) is 34.1 Å². The standard InChI is InChI=1S/C20H19BrN4O2/c1-24-18(12-17(23-24)14-6-3-2-4-7-14)20(26)25-11-9-15(13-25)27-19-16(21)8-5-10-22-19/h2-8,10,12,15H,9,11,13H2,1H3. The highest BCUT2D eigenvalue weighted by molar-refractivity contribution is 9.10. The van der Waals surface area contributed by atoms with Crippen LogP contribution in [-0.4, -0.2) is 44.8 Å². The fourth-order valence-corrected chi connectivity index (χ4v) is 3.55. The fourth-order valence-electron chi connectivity index (χ4n) is 3.20. The molecule has 0 spiro atoms. The Balaban J connectivity index is 1.46. The van der Waals surface area contributed by atoms with E-state index in [-0.39, 0.29) is 12.0 Å². The second kappa shape index (κ2) is 7.52. The van der Waals surface area contributed by atoms with Crippen molar-refractivity contribution in [2.45, 2.75) is 12.5 Å². The van der Waals surface area contributed by atoms with Crippen molar-refractivity contribution in [3.8, 4) is 17.1 Å². The molecular formula is C20H19BrN4O2. The summed E-state index contributed by atoms with van der Waals surface area (Å²) in [7, 11) is 1.80. The van der Waals surface area contributed by atoms with Crippen molar-refractivity contribution in [2.24, 2.45) is 7.05 Å². The molecule has 0 N–H and O–H groups in total. The van der Waals surface area contributed by atoms with E-state index in [9.17, 15) is 4.79 Å². The molecule has 2 aromatic heterocycles. The predicted octanol–water partition coefficient (Wildman–Crippen LogP) is 3.54. The Morgan fingerprint density at radius 3 is 2.81 bits per heavy atom. The van der Waals surface area contributed by atoms with Crippen LogP contribution in [-0.2, 0) is 7.05 Å². The van der Waals surface area contributed by atoms with Crippen LogP contribution >= 0.6 is 15.9 Å². The van der Waals surface area contributed by atoms with Gasteiger partial charge in [0.05, 0.1) is 16.7 Å². The molecule has 138 valence electrons. The van der Waals surface area contributed by atoms with E-state index in [4.69, 9.17) is 4.74 Å². The average molecular weight is 427 g/mol. The van der Waals surface area contributed by atoms with Crippen LogP contribution in [0.5, 0.6) is 5.88 Å². The highest BCUT2D eigenvalue weighted by Crippen LogP contribution is 2.25. The van der Waals surface area contributed by atoms with E-state index in [1.165, 1.54) is 0 Å². The number of rotatable bonds is 4. The first-order valence-corrected chi connectivity index (χ1v) is 9.57. The minimum absolute atomic E-state index is 0.0293. The maximum Gasteiger partial charge on any atom is 0.272 e. The SMILES string of the molecule is Cn1nc(-c2ccccc2)cc1C(=O)N1CCC(Oc2ncccc2Br)C1. The molecule has 1 unspecified atom stereocenters. The summed E-state index contributed by atoms with van der Waals surface area (Å²) in [5, 5.41) is 4.49. The number of carbonyl (C=O) groups excluding carboxylic acids is 1. The van der Waals surface area contributed by atoms with Crippen molar-refractivity contribution in [3.63, 3.8) is 0 Å². The molecule has 1 aliphatic heterocycles. The third-order valence-corrected chi connectivity index (χ3v) is 5.21. The molecule has 1 aliphatic rings. The highest BCUT2D eigenvalue weighted by Gasteiger charge is 2.30. The largest absolute Gasteiger partial charge is 0.472 e. The number of hydrogen-bond donors (Lipinski definition) is 0. The summed E-state index contributed by atoms with van der Waals surface area (Å²) in [6, 6.07) is 15.4. The van der Waals surface area contributed by atoms with Gasteiger partial charge >= 0.3 is 0 Å². The summed E-state index contributed by atoms with van der Waals surface area (Å²) in [6.45, 7) is 1.19. The van der Waals surface area contributed by atoms with E-state index in [0.29, 0.717) is 24.7 Å². The molecule has 0 radical (unpaired) electrons. The summed E-state index contributed by atoms with van der Waals surface area (Å²) in [6.07, 6.45) is 2.40. The summed E-state index contributed by atoms with van der Waals surface area (Å²) < 4.78 is 8.41. The monoisotopic (exact) mass is 426 g/mol. The molecule has 1 saturated heterocycles. The zero-order valence-corrected chi connectivity index (χ0v) is 16.5. The van der Waals surface area contributed by atoms with Gasteiger partial charge in [-0.1, -0.05) is 30.3 Å². The van der Waals surface area contributed by atoms with Crippen LogP contribution in [0.2, 0.25) is 0 Å². The van der Waals surface area contributed by atoms with E-state index >= 15 is 0 Å². The van der Waals surface area contributed by atoms with E-state index in [1.807, 2.05) is 53.4 Å². The molecule has 0 aliphatic carbocycles. The quantitative estimate of drug-likeness (QED) is 0.639. The molecule has 4 rings (SSSR count). The normalized spacial score (nSPS) is 16.5. The Labute approximate surface area is 165 Å². The Morgan fingerprint density at radius 2 is 2.04 bits per heavy atom. The van der Waals surface area contributed by atoms with Gasteiger partial charge in [-0.25, -0.2) is 4.98 Å². The minimum Gasteiger partial charge on any atom is -0.472 e. The third kappa shape index (κ3) is 3.73. The zero-order chi connectivity index (χ0) is 18.8. The number of carbonyl (C=O) groups is 1. The third-order valence-electron chi connectivity index (χ3n) is 4.60. The molecule has 6 nitrogen and oxygen atoms in total. The van der Waals surface area contributed by atoms with E-state index in [2.05, 4.69) is 26.0 Å². The number of likely N-dealkylation sites (tertiary alicyclic amines) is 1. The summed E-state index contributed by atoms with van der Waals surface area (Å²) in [4.78, 5) is 19.0. The number of aromatic nitrogens is 3. The number of ether oxygens (including phenoxy) is 1. The number of benzene rings is 1. The number of hydrogen-bond acceptors (Lipinski definition) is 4. The molecule has 1 atom stereocenters. The van der Waals surface area contributed by atoms with Gasteiger partial charge in [0.15, 0.2) is 0 Å². The topological polar surface area (TPSA) is 60.2 Å². The van der Waals surface area contributed by atoms with Crippen LogP contribution in [0.3, 0.4) is 0 Å².